The van der Waals surface area contributed by atoms with E-state index in [4.69, 9.17) is 0 Å². The lowest BCUT2D eigenvalue weighted by atomic mass is 9.74. The zero-order chi connectivity index (χ0) is 28.6. The van der Waals surface area contributed by atoms with E-state index in [9.17, 15) is 0 Å². The van der Waals surface area contributed by atoms with Gasteiger partial charge in [0, 0.05) is 48.3 Å². The van der Waals surface area contributed by atoms with E-state index in [0.29, 0.717) is 48.3 Å². The summed E-state index contributed by atoms with van der Waals surface area (Å²) in [7, 11) is 0. The van der Waals surface area contributed by atoms with Crippen LogP contribution in [-0.4, -0.2) is 48.3 Å². The third kappa shape index (κ3) is 5.59. The maximum Gasteiger partial charge on any atom is 0.0116 e. The minimum absolute atomic E-state index is 0.678. The fraction of sp³-hybridized carbons (Fsp3) is 1.00. The SMILES string of the molecule is CCC1C2CC3NC(CC4NC(CC5NC(CC(N2)C1CC)C(CC)C5CC)C(CC)C4CC)C(CC)C3CC. The minimum atomic E-state index is 0.678. The van der Waals surface area contributed by atoms with Crippen LogP contribution in [0.1, 0.15) is 132 Å². The van der Waals surface area contributed by atoms with E-state index >= 15 is 0 Å². The molecule has 4 N–H and O–H groups in total. The summed E-state index contributed by atoms with van der Waals surface area (Å²) < 4.78 is 0. The highest BCUT2D eigenvalue weighted by Gasteiger charge is 2.51. The molecular weight excluding hydrogens is 488 g/mol. The smallest absolute Gasteiger partial charge is 0.0116 e. The molecule has 5 fully saturated rings. The topological polar surface area (TPSA) is 48.1 Å². The first-order valence-corrected chi connectivity index (χ1v) is 18.5. The monoisotopic (exact) mass is 557 g/mol. The van der Waals surface area contributed by atoms with Crippen LogP contribution >= 0.6 is 0 Å². The van der Waals surface area contributed by atoms with Gasteiger partial charge in [0.1, 0.15) is 0 Å². The van der Waals surface area contributed by atoms with E-state index in [1.165, 1.54) is 77.0 Å². The number of fused-ring (bicyclic) bond motifs is 8. The van der Waals surface area contributed by atoms with Crippen molar-refractivity contribution in [1.29, 1.82) is 0 Å². The van der Waals surface area contributed by atoms with E-state index in [0.717, 1.165) is 47.3 Å². The summed E-state index contributed by atoms with van der Waals surface area (Å²) >= 11 is 0. The Hall–Kier alpha value is -0.160. The minimum Gasteiger partial charge on any atom is -0.311 e. The van der Waals surface area contributed by atoms with Crippen molar-refractivity contribution in [3.8, 4) is 0 Å². The van der Waals surface area contributed by atoms with Gasteiger partial charge < -0.3 is 21.3 Å². The molecule has 0 aromatic carbocycles. The molecule has 5 aliphatic rings. The number of nitrogens with one attached hydrogen (secondary N) is 4. The van der Waals surface area contributed by atoms with Gasteiger partial charge in [-0.15, -0.1) is 0 Å². The van der Waals surface area contributed by atoms with Crippen molar-refractivity contribution in [2.24, 2.45) is 47.3 Å². The highest BCUT2D eigenvalue weighted by molar-refractivity contribution is 5.09. The Bertz CT molecular complexity index is 603. The molecule has 4 nitrogen and oxygen atoms in total. The van der Waals surface area contributed by atoms with Crippen LogP contribution in [0.2, 0.25) is 0 Å². The molecule has 0 amide bonds. The van der Waals surface area contributed by atoms with E-state index in [1.807, 2.05) is 0 Å². The van der Waals surface area contributed by atoms with Gasteiger partial charge in [0.15, 0.2) is 0 Å². The zero-order valence-corrected chi connectivity index (χ0v) is 27.7. The molecule has 0 radical (unpaired) electrons. The third-order valence-corrected chi connectivity index (χ3v) is 13.8. The molecule has 40 heavy (non-hydrogen) atoms. The van der Waals surface area contributed by atoms with Gasteiger partial charge in [0.25, 0.3) is 0 Å². The Kier molecular flexibility index (Phi) is 10.7. The van der Waals surface area contributed by atoms with Crippen molar-refractivity contribution in [3.05, 3.63) is 0 Å². The molecule has 0 spiro atoms. The Labute approximate surface area is 249 Å². The Morgan fingerprint density at radius 1 is 0.275 bits per heavy atom. The van der Waals surface area contributed by atoms with Gasteiger partial charge in [0.2, 0.25) is 0 Å². The summed E-state index contributed by atoms with van der Waals surface area (Å²) in [6.07, 6.45) is 16.0. The summed E-state index contributed by atoms with van der Waals surface area (Å²) in [5.41, 5.74) is 0. The molecule has 0 aliphatic carbocycles. The molecule has 16 atom stereocenters. The van der Waals surface area contributed by atoms with E-state index in [1.54, 1.807) is 0 Å². The average Bonchev–Trinajstić information content (AvgIpc) is 3.67. The van der Waals surface area contributed by atoms with Crippen molar-refractivity contribution >= 4 is 0 Å². The van der Waals surface area contributed by atoms with Crippen molar-refractivity contribution < 1.29 is 0 Å². The third-order valence-electron chi connectivity index (χ3n) is 13.8. The van der Waals surface area contributed by atoms with Crippen LogP contribution in [0.3, 0.4) is 0 Å². The Morgan fingerprint density at radius 3 is 0.500 bits per heavy atom. The maximum atomic E-state index is 4.37. The van der Waals surface area contributed by atoms with Crippen LogP contribution in [0, 0.1) is 47.3 Å². The summed E-state index contributed by atoms with van der Waals surface area (Å²) in [5, 5.41) is 17.5. The molecule has 16 unspecified atom stereocenters. The molecule has 0 aromatic heterocycles. The molecule has 5 heterocycles. The van der Waals surface area contributed by atoms with Crippen LogP contribution < -0.4 is 21.3 Å². The lowest BCUT2D eigenvalue weighted by Crippen LogP contribution is -2.45. The second-order valence-corrected chi connectivity index (χ2v) is 15.0. The fourth-order valence-corrected chi connectivity index (χ4v) is 12.2. The summed E-state index contributed by atoms with van der Waals surface area (Å²) in [6, 6.07) is 5.42. The lowest BCUT2D eigenvalue weighted by Gasteiger charge is -2.29. The van der Waals surface area contributed by atoms with Crippen LogP contribution in [-0.2, 0) is 0 Å². The van der Waals surface area contributed by atoms with Crippen molar-refractivity contribution in [2.45, 2.75) is 181 Å². The van der Waals surface area contributed by atoms with Crippen LogP contribution in [0.5, 0.6) is 0 Å². The highest BCUT2D eigenvalue weighted by Crippen LogP contribution is 2.46. The quantitative estimate of drug-likeness (QED) is 0.257. The predicted octanol–water partition coefficient (Wildman–Crippen LogP) is 7.13. The molecule has 0 saturated carbocycles. The first kappa shape index (κ1) is 31.3. The van der Waals surface area contributed by atoms with E-state index in [-0.39, 0.29) is 0 Å². The molecule has 8 bridgehead atoms. The fourth-order valence-electron chi connectivity index (χ4n) is 12.2. The highest BCUT2D eigenvalue weighted by atomic mass is 15.1. The first-order valence-electron chi connectivity index (χ1n) is 18.5. The van der Waals surface area contributed by atoms with Gasteiger partial charge in [0.05, 0.1) is 0 Å². The molecule has 0 aromatic rings. The zero-order valence-electron chi connectivity index (χ0n) is 27.7. The average molecular weight is 557 g/mol. The molecular formula is C36H68N4. The predicted molar refractivity (Wildman–Crippen MR) is 172 cm³/mol. The van der Waals surface area contributed by atoms with Gasteiger partial charge in [-0.1, -0.05) is 107 Å². The standard InChI is InChI=1S/C36H68N4/c1-9-21-22(10-2)30-18-32-25(13-5)26(14-6)34(39-32)20-36-28(16-8)27(15-7)35(40-36)19-33-24(12-4)23(11-3)31(38-33)17-29(21)37-30/h21-40H,9-20H2,1-8H3. The summed E-state index contributed by atoms with van der Waals surface area (Å²) in [6.45, 7) is 19.8. The van der Waals surface area contributed by atoms with Gasteiger partial charge in [-0.2, -0.15) is 0 Å². The number of hydrogen-bond donors (Lipinski definition) is 4. The van der Waals surface area contributed by atoms with Gasteiger partial charge in [-0.3, -0.25) is 0 Å². The molecule has 5 rings (SSSR count). The maximum absolute atomic E-state index is 4.37. The van der Waals surface area contributed by atoms with Crippen LogP contribution in [0.15, 0.2) is 0 Å². The summed E-state index contributed by atoms with van der Waals surface area (Å²) in [4.78, 5) is 0. The van der Waals surface area contributed by atoms with Gasteiger partial charge >= 0.3 is 0 Å². The number of hydrogen-bond acceptors (Lipinski definition) is 4. The first-order chi connectivity index (χ1) is 19.5. The van der Waals surface area contributed by atoms with E-state index < -0.39 is 0 Å². The van der Waals surface area contributed by atoms with Crippen LogP contribution in [0.25, 0.3) is 0 Å². The summed E-state index contributed by atoms with van der Waals surface area (Å²) in [5.74, 6) is 6.64. The Morgan fingerprint density at radius 2 is 0.400 bits per heavy atom. The normalized spacial score (nSPS) is 51.0. The lowest BCUT2D eigenvalue weighted by molar-refractivity contribution is 0.253. The Balaban J connectivity index is 1.50. The van der Waals surface area contributed by atoms with Crippen molar-refractivity contribution in [2.75, 3.05) is 0 Å². The second kappa shape index (κ2) is 13.6. The molecule has 4 heteroatoms. The number of rotatable bonds is 8. The van der Waals surface area contributed by atoms with Gasteiger partial charge in [-0.25, -0.2) is 0 Å². The van der Waals surface area contributed by atoms with Crippen molar-refractivity contribution in [1.82, 2.24) is 21.3 Å². The van der Waals surface area contributed by atoms with Gasteiger partial charge in [-0.05, 0) is 73.0 Å². The van der Waals surface area contributed by atoms with Crippen LogP contribution in [0.4, 0.5) is 0 Å². The second-order valence-electron chi connectivity index (χ2n) is 15.0. The largest absolute Gasteiger partial charge is 0.311 e. The molecule has 232 valence electrons. The van der Waals surface area contributed by atoms with Crippen molar-refractivity contribution in [3.63, 3.8) is 0 Å². The van der Waals surface area contributed by atoms with E-state index in [2.05, 4.69) is 76.7 Å². The molecule has 5 aliphatic heterocycles. The molecule has 5 saturated heterocycles.